The Kier molecular flexibility index (Phi) is 5.16. The molecule has 1 aromatic heterocycles. The molecular weight excluding hydrogens is 256 g/mol. The van der Waals surface area contributed by atoms with Gasteiger partial charge in [-0.05, 0) is 45.6 Å². The number of carbonyl (C=O) groups excluding carboxylic acids is 1. The first kappa shape index (κ1) is 16.2. The first-order valence-electron chi connectivity index (χ1n) is 6.83. The quantitative estimate of drug-likeness (QED) is 0.839. The molecule has 0 spiro atoms. The average molecular weight is 282 g/mol. The molecule has 1 unspecified atom stereocenters. The molecule has 1 amide bonds. The molecule has 1 aromatic rings. The number of carbonyl (C=O) groups is 1. The van der Waals surface area contributed by atoms with Crippen LogP contribution < -0.4 is 11.1 Å². The molecule has 0 aliphatic carbocycles. The highest BCUT2D eigenvalue weighted by Gasteiger charge is 2.41. The Hall–Kier alpha value is -0.870. The van der Waals surface area contributed by atoms with Crippen LogP contribution in [0.2, 0.25) is 0 Å². The molecule has 0 aliphatic rings. The molecule has 1 rings (SSSR count). The minimum Gasteiger partial charge on any atom is -0.348 e. The van der Waals surface area contributed by atoms with Crippen LogP contribution in [0.4, 0.5) is 0 Å². The Balaban J connectivity index is 2.83. The Bertz CT molecular complexity index is 404. The maximum absolute atomic E-state index is 12.5. The van der Waals surface area contributed by atoms with Crippen molar-refractivity contribution in [2.24, 2.45) is 11.1 Å². The molecule has 4 heteroatoms. The summed E-state index contributed by atoms with van der Waals surface area (Å²) in [6, 6.07) is 4.19. The zero-order valence-electron chi connectivity index (χ0n) is 12.6. The molecule has 19 heavy (non-hydrogen) atoms. The third-order valence-corrected chi connectivity index (χ3v) is 4.93. The van der Waals surface area contributed by atoms with Gasteiger partial charge in [0.15, 0.2) is 0 Å². The maximum Gasteiger partial charge on any atom is 0.228 e. The van der Waals surface area contributed by atoms with Crippen LogP contribution in [0, 0.1) is 5.41 Å². The van der Waals surface area contributed by atoms with Crippen LogP contribution in [0.5, 0.6) is 0 Å². The van der Waals surface area contributed by atoms with Gasteiger partial charge in [-0.1, -0.05) is 19.4 Å². The molecule has 3 N–H and O–H groups in total. The average Bonchev–Trinajstić information content (AvgIpc) is 2.79. The monoisotopic (exact) mass is 282 g/mol. The van der Waals surface area contributed by atoms with Crippen LogP contribution in [0.1, 0.15) is 58.4 Å². The van der Waals surface area contributed by atoms with Crippen molar-refractivity contribution < 1.29 is 4.79 Å². The topological polar surface area (TPSA) is 55.1 Å². The first-order valence-corrected chi connectivity index (χ1v) is 7.71. The lowest BCUT2D eigenvalue weighted by Crippen LogP contribution is -2.55. The van der Waals surface area contributed by atoms with Crippen LogP contribution in [0.15, 0.2) is 17.5 Å². The van der Waals surface area contributed by atoms with Crippen LogP contribution in [0.3, 0.4) is 0 Å². The van der Waals surface area contributed by atoms with Gasteiger partial charge in [0.2, 0.25) is 5.91 Å². The standard InChI is InChI=1S/C15H26N2OS/c1-6-8-11(12-9-7-10-19-12)17-13(18)14(2,3)15(4,5)16/h7,9-11H,6,8,16H2,1-5H3,(H,17,18). The molecule has 108 valence electrons. The van der Waals surface area contributed by atoms with Crippen LogP contribution in [-0.4, -0.2) is 11.4 Å². The Labute approximate surface area is 120 Å². The first-order chi connectivity index (χ1) is 8.70. The molecule has 0 radical (unpaired) electrons. The van der Waals surface area contributed by atoms with Crippen molar-refractivity contribution in [1.82, 2.24) is 5.32 Å². The van der Waals surface area contributed by atoms with Crippen LogP contribution in [-0.2, 0) is 4.79 Å². The molecule has 0 fully saturated rings. The third kappa shape index (κ3) is 3.80. The van der Waals surface area contributed by atoms with Crippen molar-refractivity contribution in [2.75, 3.05) is 0 Å². The van der Waals surface area contributed by atoms with Gasteiger partial charge in [0.05, 0.1) is 11.5 Å². The highest BCUT2D eigenvalue weighted by Crippen LogP contribution is 2.31. The summed E-state index contributed by atoms with van der Waals surface area (Å²) in [5.41, 5.74) is 4.97. The molecule has 0 aromatic carbocycles. The normalized spacial score (nSPS) is 14.2. The fraction of sp³-hybridized carbons (Fsp3) is 0.667. The van der Waals surface area contributed by atoms with Gasteiger partial charge in [0.1, 0.15) is 0 Å². The summed E-state index contributed by atoms with van der Waals surface area (Å²) >= 11 is 1.69. The lowest BCUT2D eigenvalue weighted by Gasteiger charge is -2.38. The second kappa shape index (κ2) is 6.06. The molecule has 1 heterocycles. The van der Waals surface area contributed by atoms with E-state index in [1.165, 1.54) is 4.88 Å². The Morgan fingerprint density at radius 2 is 2.05 bits per heavy atom. The Morgan fingerprint density at radius 1 is 1.42 bits per heavy atom. The number of nitrogens with two attached hydrogens (primary N) is 1. The minimum absolute atomic E-state index is 0.0202. The largest absolute Gasteiger partial charge is 0.348 e. The van der Waals surface area contributed by atoms with Gasteiger partial charge in [-0.3, -0.25) is 4.79 Å². The van der Waals surface area contributed by atoms with Crippen LogP contribution >= 0.6 is 11.3 Å². The SMILES string of the molecule is CCCC(NC(=O)C(C)(C)C(C)(C)N)c1cccs1. The van der Waals surface area contributed by atoms with Gasteiger partial charge in [-0.15, -0.1) is 11.3 Å². The summed E-state index contributed by atoms with van der Waals surface area (Å²) in [7, 11) is 0. The van der Waals surface area contributed by atoms with E-state index in [9.17, 15) is 4.79 Å². The van der Waals surface area contributed by atoms with E-state index in [-0.39, 0.29) is 11.9 Å². The fourth-order valence-electron chi connectivity index (χ4n) is 1.70. The van der Waals surface area contributed by atoms with Crippen molar-refractivity contribution >= 4 is 17.2 Å². The minimum atomic E-state index is -0.601. The summed E-state index contributed by atoms with van der Waals surface area (Å²) in [5, 5.41) is 5.20. The highest BCUT2D eigenvalue weighted by molar-refractivity contribution is 7.10. The van der Waals surface area contributed by atoms with Crippen molar-refractivity contribution in [3.8, 4) is 0 Å². The summed E-state index contributed by atoms with van der Waals surface area (Å²) in [6.45, 7) is 9.73. The van der Waals surface area contributed by atoms with Gasteiger partial charge in [-0.2, -0.15) is 0 Å². The van der Waals surface area contributed by atoms with Gasteiger partial charge < -0.3 is 11.1 Å². The molecular formula is C15H26N2OS. The number of hydrogen-bond acceptors (Lipinski definition) is 3. The molecule has 0 saturated carbocycles. The van der Waals surface area contributed by atoms with E-state index in [1.807, 2.05) is 39.1 Å². The van der Waals surface area contributed by atoms with E-state index in [0.717, 1.165) is 12.8 Å². The molecule has 0 aliphatic heterocycles. The molecule has 1 atom stereocenters. The Morgan fingerprint density at radius 3 is 2.47 bits per heavy atom. The molecule has 0 saturated heterocycles. The summed E-state index contributed by atoms with van der Waals surface area (Å²) in [6.07, 6.45) is 1.99. The predicted molar refractivity (Wildman–Crippen MR) is 82.2 cm³/mol. The molecule has 0 bridgehead atoms. The zero-order valence-corrected chi connectivity index (χ0v) is 13.4. The fourth-order valence-corrected chi connectivity index (χ4v) is 2.51. The summed E-state index contributed by atoms with van der Waals surface area (Å²) in [5.74, 6) is 0.0202. The van der Waals surface area contributed by atoms with E-state index >= 15 is 0 Å². The maximum atomic E-state index is 12.5. The van der Waals surface area contributed by atoms with E-state index < -0.39 is 11.0 Å². The van der Waals surface area contributed by atoms with Crippen LogP contribution in [0.25, 0.3) is 0 Å². The predicted octanol–water partition coefficient (Wildman–Crippen LogP) is 3.47. The number of nitrogens with one attached hydrogen (secondary N) is 1. The lowest BCUT2D eigenvalue weighted by molar-refractivity contribution is -0.133. The summed E-state index contributed by atoms with van der Waals surface area (Å²) < 4.78 is 0. The second-order valence-electron chi connectivity index (χ2n) is 6.18. The van der Waals surface area contributed by atoms with Gasteiger partial charge >= 0.3 is 0 Å². The number of rotatable bonds is 6. The van der Waals surface area contributed by atoms with Gasteiger partial charge in [0.25, 0.3) is 0 Å². The van der Waals surface area contributed by atoms with Gasteiger partial charge in [0, 0.05) is 10.4 Å². The zero-order chi connectivity index (χ0) is 14.7. The van der Waals surface area contributed by atoms with Crippen molar-refractivity contribution in [3.05, 3.63) is 22.4 Å². The van der Waals surface area contributed by atoms with Crippen molar-refractivity contribution in [1.29, 1.82) is 0 Å². The lowest BCUT2D eigenvalue weighted by atomic mass is 9.74. The van der Waals surface area contributed by atoms with Crippen molar-refractivity contribution in [2.45, 2.75) is 59.0 Å². The highest BCUT2D eigenvalue weighted by atomic mass is 32.1. The number of thiophene rings is 1. The molecule has 3 nitrogen and oxygen atoms in total. The number of hydrogen-bond donors (Lipinski definition) is 2. The van der Waals surface area contributed by atoms with E-state index in [1.54, 1.807) is 11.3 Å². The van der Waals surface area contributed by atoms with E-state index in [0.29, 0.717) is 0 Å². The smallest absolute Gasteiger partial charge is 0.228 e. The summed E-state index contributed by atoms with van der Waals surface area (Å²) in [4.78, 5) is 13.7. The van der Waals surface area contributed by atoms with E-state index in [4.69, 9.17) is 5.73 Å². The second-order valence-corrected chi connectivity index (χ2v) is 7.16. The van der Waals surface area contributed by atoms with Crippen molar-refractivity contribution in [3.63, 3.8) is 0 Å². The van der Waals surface area contributed by atoms with Gasteiger partial charge in [-0.25, -0.2) is 0 Å². The third-order valence-electron chi connectivity index (χ3n) is 3.95. The number of amides is 1. The van der Waals surface area contributed by atoms with E-state index in [2.05, 4.69) is 18.3 Å².